The number of carboxylic acids is 1. The molecule has 0 aliphatic heterocycles. The van der Waals surface area contributed by atoms with Gasteiger partial charge in [-0.25, -0.2) is 4.79 Å². The summed E-state index contributed by atoms with van der Waals surface area (Å²) in [6.07, 6.45) is 0. The molecule has 0 aliphatic carbocycles. The minimum Gasteiger partial charge on any atom is -0.477 e. The zero-order valence-electron chi connectivity index (χ0n) is 11.4. The van der Waals surface area contributed by atoms with Gasteiger partial charge in [-0.05, 0) is 26.3 Å². The van der Waals surface area contributed by atoms with Crippen LogP contribution in [0.1, 0.15) is 39.0 Å². The number of aromatic amines is 1. The van der Waals surface area contributed by atoms with Crippen molar-refractivity contribution in [2.24, 2.45) is 5.92 Å². The molecule has 6 nitrogen and oxygen atoms in total. The average molecular weight is 263 g/mol. The number of H-pyrrole nitrogens is 1. The molecule has 1 aromatic rings. The Morgan fingerprint density at radius 2 is 2.05 bits per heavy atom. The third-order valence-electron chi connectivity index (χ3n) is 2.98. The van der Waals surface area contributed by atoms with Gasteiger partial charge in [0.15, 0.2) is 0 Å². The highest BCUT2D eigenvalue weighted by atomic mass is 16.4. The molecule has 6 heteroatoms. The van der Waals surface area contributed by atoms with Gasteiger partial charge in [-0.2, -0.15) is 5.26 Å². The first-order valence-corrected chi connectivity index (χ1v) is 5.87. The Bertz CT molecular complexity index is 554. The van der Waals surface area contributed by atoms with Gasteiger partial charge in [-0.15, -0.1) is 0 Å². The lowest BCUT2D eigenvalue weighted by atomic mass is 10.1. The van der Waals surface area contributed by atoms with Crippen molar-refractivity contribution in [3.8, 4) is 6.07 Å². The number of carboxylic acid groups (broad SMARTS) is 1. The number of hydrogen-bond acceptors (Lipinski definition) is 3. The zero-order valence-corrected chi connectivity index (χ0v) is 11.4. The van der Waals surface area contributed by atoms with E-state index in [0.29, 0.717) is 23.4 Å². The molecule has 1 amide bonds. The van der Waals surface area contributed by atoms with Gasteiger partial charge in [0.05, 0.1) is 17.6 Å². The van der Waals surface area contributed by atoms with Crippen LogP contribution in [0.3, 0.4) is 0 Å². The number of carbonyl (C=O) groups excluding carboxylic acids is 1. The second-order valence-electron chi connectivity index (χ2n) is 4.65. The van der Waals surface area contributed by atoms with Crippen LogP contribution in [0.15, 0.2) is 0 Å². The lowest BCUT2D eigenvalue weighted by molar-refractivity contribution is 0.0690. The molecule has 19 heavy (non-hydrogen) atoms. The first-order valence-electron chi connectivity index (χ1n) is 5.87. The number of rotatable bonds is 4. The lowest BCUT2D eigenvalue weighted by Gasteiger charge is -2.18. The monoisotopic (exact) mass is 263 g/mol. The van der Waals surface area contributed by atoms with E-state index in [4.69, 9.17) is 10.4 Å². The maximum Gasteiger partial charge on any atom is 0.352 e. The Labute approximate surface area is 111 Å². The van der Waals surface area contributed by atoms with Crippen LogP contribution in [0.4, 0.5) is 0 Å². The van der Waals surface area contributed by atoms with Gasteiger partial charge in [-0.1, -0.05) is 0 Å². The van der Waals surface area contributed by atoms with Crippen molar-refractivity contribution < 1.29 is 14.7 Å². The van der Waals surface area contributed by atoms with E-state index in [1.807, 2.05) is 0 Å². The fourth-order valence-corrected chi connectivity index (χ4v) is 2.01. The number of aromatic nitrogens is 1. The minimum atomic E-state index is -1.09. The molecule has 1 atom stereocenters. The van der Waals surface area contributed by atoms with Crippen LogP contribution in [0.25, 0.3) is 0 Å². The van der Waals surface area contributed by atoms with Gasteiger partial charge in [0, 0.05) is 19.3 Å². The van der Waals surface area contributed by atoms with Crippen molar-refractivity contribution in [2.75, 3.05) is 13.6 Å². The van der Waals surface area contributed by atoms with Gasteiger partial charge in [-0.3, -0.25) is 4.79 Å². The maximum atomic E-state index is 12.3. The standard InChI is InChI=1S/C13H17N3O3/c1-7(5-14)6-16(4)12(17)10-8(2)11(13(18)19)15-9(10)3/h7,15H,6H2,1-4H3,(H,18,19). The Balaban J connectivity index is 3.07. The van der Waals surface area contributed by atoms with Gasteiger partial charge in [0.2, 0.25) is 0 Å². The predicted molar refractivity (Wildman–Crippen MR) is 69.0 cm³/mol. The molecule has 0 saturated carbocycles. The van der Waals surface area contributed by atoms with Crippen LogP contribution in [0.5, 0.6) is 0 Å². The van der Waals surface area contributed by atoms with Crippen molar-refractivity contribution >= 4 is 11.9 Å². The van der Waals surface area contributed by atoms with E-state index in [2.05, 4.69) is 11.1 Å². The molecule has 1 heterocycles. The van der Waals surface area contributed by atoms with Crippen LogP contribution in [0, 0.1) is 31.1 Å². The summed E-state index contributed by atoms with van der Waals surface area (Å²) >= 11 is 0. The average Bonchev–Trinajstić information content (AvgIpc) is 2.63. The number of nitrogens with zero attached hydrogens (tertiary/aromatic N) is 2. The highest BCUT2D eigenvalue weighted by molar-refractivity contribution is 6.00. The van der Waals surface area contributed by atoms with E-state index in [1.165, 1.54) is 4.90 Å². The second-order valence-corrected chi connectivity index (χ2v) is 4.65. The molecule has 2 N–H and O–H groups in total. The van der Waals surface area contributed by atoms with Crippen molar-refractivity contribution in [2.45, 2.75) is 20.8 Å². The van der Waals surface area contributed by atoms with Gasteiger partial charge >= 0.3 is 5.97 Å². The quantitative estimate of drug-likeness (QED) is 0.861. The third kappa shape index (κ3) is 2.94. The topological polar surface area (TPSA) is 97.2 Å². The molecule has 0 radical (unpaired) electrons. The van der Waals surface area contributed by atoms with E-state index in [9.17, 15) is 9.59 Å². The summed E-state index contributed by atoms with van der Waals surface area (Å²) < 4.78 is 0. The van der Waals surface area contributed by atoms with Crippen molar-refractivity contribution in [3.63, 3.8) is 0 Å². The van der Waals surface area contributed by atoms with Crippen LogP contribution in [-0.4, -0.2) is 40.5 Å². The van der Waals surface area contributed by atoms with Gasteiger partial charge in [0.25, 0.3) is 5.91 Å². The molecule has 0 fully saturated rings. The predicted octanol–water partition coefficient (Wildman–Crippen LogP) is 1.56. The van der Waals surface area contributed by atoms with Crippen LogP contribution in [-0.2, 0) is 0 Å². The summed E-state index contributed by atoms with van der Waals surface area (Å²) in [4.78, 5) is 27.4. The first-order chi connectivity index (χ1) is 8.79. The molecule has 0 bridgehead atoms. The smallest absolute Gasteiger partial charge is 0.352 e. The molecular formula is C13H17N3O3. The minimum absolute atomic E-state index is 0.0302. The summed E-state index contributed by atoms with van der Waals surface area (Å²) in [6.45, 7) is 5.29. The molecule has 0 spiro atoms. The number of carbonyl (C=O) groups is 2. The maximum absolute atomic E-state index is 12.3. The Hall–Kier alpha value is -2.29. The summed E-state index contributed by atoms with van der Waals surface area (Å²) in [5.74, 6) is -1.64. The van der Waals surface area contributed by atoms with Crippen molar-refractivity contribution in [1.82, 2.24) is 9.88 Å². The van der Waals surface area contributed by atoms with Crippen LogP contribution in [0.2, 0.25) is 0 Å². The molecule has 1 unspecified atom stereocenters. The van der Waals surface area contributed by atoms with Crippen LogP contribution >= 0.6 is 0 Å². The number of aromatic carboxylic acids is 1. The second kappa shape index (κ2) is 5.57. The highest BCUT2D eigenvalue weighted by Gasteiger charge is 2.24. The molecular weight excluding hydrogens is 246 g/mol. The summed E-state index contributed by atoms with van der Waals surface area (Å²) in [5.41, 5.74) is 1.34. The molecule has 1 rings (SSSR count). The fraction of sp³-hybridized carbons (Fsp3) is 0.462. The Morgan fingerprint density at radius 3 is 2.47 bits per heavy atom. The van der Waals surface area contributed by atoms with Gasteiger partial charge < -0.3 is 15.0 Å². The zero-order chi connectivity index (χ0) is 14.7. The lowest BCUT2D eigenvalue weighted by Crippen LogP contribution is -2.31. The third-order valence-corrected chi connectivity index (χ3v) is 2.98. The summed E-state index contributed by atoms with van der Waals surface area (Å²) in [6, 6.07) is 2.06. The number of hydrogen-bond donors (Lipinski definition) is 2. The summed E-state index contributed by atoms with van der Waals surface area (Å²) in [7, 11) is 1.60. The van der Waals surface area contributed by atoms with Crippen molar-refractivity contribution in [1.29, 1.82) is 5.26 Å². The SMILES string of the molecule is Cc1[nH]c(C(=O)O)c(C)c1C(=O)N(C)CC(C)C#N. The number of amides is 1. The van der Waals surface area contributed by atoms with E-state index in [1.54, 1.807) is 27.8 Å². The van der Waals surface area contributed by atoms with E-state index < -0.39 is 5.97 Å². The molecule has 0 aliphatic rings. The number of nitriles is 1. The fourth-order valence-electron chi connectivity index (χ4n) is 2.01. The van der Waals surface area contributed by atoms with Crippen LogP contribution < -0.4 is 0 Å². The molecule has 0 aromatic carbocycles. The van der Waals surface area contributed by atoms with E-state index >= 15 is 0 Å². The largest absolute Gasteiger partial charge is 0.477 e. The van der Waals surface area contributed by atoms with E-state index in [-0.39, 0.29) is 17.5 Å². The Morgan fingerprint density at radius 1 is 1.47 bits per heavy atom. The van der Waals surface area contributed by atoms with E-state index in [0.717, 1.165) is 0 Å². The highest BCUT2D eigenvalue weighted by Crippen LogP contribution is 2.19. The Kier molecular flexibility index (Phi) is 4.33. The molecule has 0 saturated heterocycles. The molecule has 1 aromatic heterocycles. The van der Waals surface area contributed by atoms with Crippen molar-refractivity contribution in [3.05, 3.63) is 22.5 Å². The molecule has 102 valence electrons. The van der Waals surface area contributed by atoms with Gasteiger partial charge in [0.1, 0.15) is 5.69 Å². The summed E-state index contributed by atoms with van der Waals surface area (Å²) in [5, 5.41) is 17.8. The number of aryl methyl sites for hydroxylation is 1. The number of nitrogens with one attached hydrogen (secondary N) is 1. The normalized spacial score (nSPS) is 11.7. The first kappa shape index (κ1) is 14.8.